The fourth-order valence-corrected chi connectivity index (χ4v) is 2.80. The summed E-state index contributed by atoms with van der Waals surface area (Å²) in [7, 11) is 0. The molecule has 0 bridgehead atoms. The molecule has 1 aliphatic heterocycles. The molecule has 3 N–H and O–H groups in total. The van der Waals surface area contributed by atoms with E-state index in [4.69, 9.17) is 9.47 Å². The molecule has 30 heavy (non-hydrogen) atoms. The number of carbonyl (C=O) groups excluding carboxylic acids is 3. The molecular formula is C22H25N3O5. The number of ether oxygens (including phenoxy) is 2. The molecule has 1 unspecified atom stereocenters. The van der Waals surface area contributed by atoms with Crippen molar-refractivity contribution in [2.24, 2.45) is 0 Å². The Bertz CT molecular complexity index is 944. The van der Waals surface area contributed by atoms with E-state index in [0.717, 1.165) is 12.0 Å². The molecular weight excluding hydrogens is 386 g/mol. The van der Waals surface area contributed by atoms with E-state index in [1.807, 2.05) is 19.9 Å². The Hall–Kier alpha value is -3.55. The summed E-state index contributed by atoms with van der Waals surface area (Å²) >= 11 is 0. The quantitative estimate of drug-likeness (QED) is 0.616. The van der Waals surface area contributed by atoms with Crippen molar-refractivity contribution in [2.75, 3.05) is 13.3 Å². The Morgan fingerprint density at radius 1 is 0.967 bits per heavy atom. The topological polar surface area (TPSA) is 106 Å². The normalized spacial score (nSPS) is 12.7. The summed E-state index contributed by atoms with van der Waals surface area (Å²) in [6, 6.07) is 12.0. The van der Waals surface area contributed by atoms with Gasteiger partial charge in [0.2, 0.25) is 12.7 Å². The van der Waals surface area contributed by atoms with Crippen molar-refractivity contribution in [3.63, 3.8) is 0 Å². The van der Waals surface area contributed by atoms with E-state index < -0.39 is 0 Å². The first kappa shape index (κ1) is 21.2. The van der Waals surface area contributed by atoms with Crippen LogP contribution in [-0.4, -0.2) is 37.1 Å². The van der Waals surface area contributed by atoms with Gasteiger partial charge in [-0.1, -0.05) is 19.1 Å². The number of hydrogen-bond acceptors (Lipinski definition) is 5. The van der Waals surface area contributed by atoms with Gasteiger partial charge in [0.15, 0.2) is 11.5 Å². The average molecular weight is 411 g/mol. The zero-order valence-electron chi connectivity index (χ0n) is 17.0. The maximum Gasteiger partial charge on any atom is 0.251 e. The second kappa shape index (κ2) is 9.78. The van der Waals surface area contributed by atoms with Crippen molar-refractivity contribution in [3.05, 3.63) is 59.2 Å². The van der Waals surface area contributed by atoms with Crippen molar-refractivity contribution in [1.82, 2.24) is 16.0 Å². The smallest absolute Gasteiger partial charge is 0.251 e. The molecule has 0 saturated heterocycles. The van der Waals surface area contributed by atoms with E-state index in [0.29, 0.717) is 22.6 Å². The highest BCUT2D eigenvalue weighted by Crippen LogP contribution is 2.32. The molecule has 2 aromatic carbocycles. The fourth-order valence-electron chi connectivity index (χ4n) is 2.80. The van der Waals surface area contributed by atoms with Gasteiger partial charge in [-0.05, 0) is 49.2 Å². The van der Waals surface area contributed by atoms with Crippen LogP contribution in [0.3, 0.4) is 0 Å². The minimum Gasteiger partial charge on any atom is -0.454 e. The van der Waals surface area contributed by atoms with Crippen molar-refractivity contribution in [1.29, 1.82) is 0 Å². The summed E-state index contributed by atoms with van der Waals surface area (Å²) < 4.78 is 10.5. The molecule has 8 heteroatoms. The SMILES string of the molecule is CCC(C)NC(=O)c1cccc(CNC(=O)CNC(=O)c2ccc3c(c2)OCO3)c1. The lowest BCUT2D eigenvalue weighted by Gasteiger charge is -2.12. The summed E-state index contributed by atoms with van der Waals surface area (Å²) in [5.41, 5.74) is 1.72. The molecule has 2 aromatic rings. The van der Waals surface area contributed by atoms with E-state index in [2.05, 4.69) is 16.0 Å². The standard InChI is InChI=1S/C22H25N3O5/c1-3-14(2)25-22(28)16-6-4-5-15(9-16)11-23-20(26)12-24-21(27)17-7-8-18-19(10-17)30-13-29-18/h4-10,14H,3,11-13H2,1-2H3,(H,23,26)(H,24,27)(H,25,28). The highest BCUT2D eigenvalue weighted by molar-refractivity contribution is 5.97. The van der Waals surface area contributed by atoms with Crippen LogP contribution in [0.5, 0.6) is 11.5 Å². The van der Waals surface area contributed by atoms with Crippen LogP contribution in [0.2, 0.25) is 0 Å². The molecule has 0 aromatic heterocycles. The number of hydrogen-bond donors (Lipinski definition) is 3. The van der Waals surface area contributed by atoms with Gasteiger partial charge < -0.3 is 25.4 Å². The van der Waals surface area contributed by atoms with Gasteiger partial charge in [0, 0.05) is 23.7 Å². The van der Waals surface area contributed by atoms with Crippen molar-refractivity contribution in [3.8, 4) is 11.5 Å². The monoisotopic (exact) mass is 411 g/mol. The third-order valence-corrected chi connectivity index (χ3v) is 4.71. The van der Waals surface area contributed by atoms with E-state index >= 15 is 0 Å². The molecule has 0 radical (unpaired) electrons. The summed E-state index contributed by atoms with van der Waals surface area (Å²) in [5.74, 6) is 0.230. The van der Waals surface area contributed by atoms with Gasteiger partial charge in [0.1, 0.15) is 0 Å². The third kappa shape index (κ3) is 5.50. The van der Waals surface area contributed by atoms with Gasteiger partial charge in [-0.3, -0.25) is 14.4 Å². The molecule has 3 amide bonds. The molecule has 3 rings (SSSR count). The second-order valence-electron chi connectivity index (χ2n) is 7.01. The van der Waals surface area contributed by atoms with Crippen LogP contribution in [0.4, 0.5) is 0 Å². The van der Waals surface area contributed by atoms with Crippen molar-refractivity contribution >= 4 is 17.7 Å². The van der Waals surface area contributed by atoms with Gasteiger partial charge in [-0.15, -0.1) is 0 Å². The summed E-state index contributed by atoms with van der Waals surface area (Å²) in [6.45, 7) is 4.16. The Morgan fingerprint density at radius 2 is 1.73 bits per heavy atom. The third-order valence-electron chi connectivity index (χ3n) is 4.71. The number of rotatable bonds is 8. The molecule has 0 spiro atoms. The lowest BCUT2D eigenvalue weighted by atomic mass is 10.1. The number of amides is 3. The number of fused-ring (bicyclic) bond motifs is 1. The molecule has 8 nitrogen and oxygen atoms in total. The Labute approximate surface area is 174 Å². The molecule has 1 atom stereocenters. The van der Waals surface area contributed by atoms with Crippen molar-refractivity contribution in [2.45, 2.75) is 32.9 Å². The number of carbonyl (C=O) groups is 3. The fraction of sp³-hybridized carbons (Fsp3) is 0.318. The molecule has 0 fully saturated rings. The van der Waals surface area contributed by atoms with Crippen LogP contribution in [0, 0.1) is 0 Å². The van der Waals surface area contributed by atoms with E-state index in [9.17, 15) is 14.4 Å². The lowest BCUT2D eigenvalue weighted by Crippen LogP contribution is -2.36. The van der Waals surface area contributed by atoms with Crippen LogP contribution < -0.4 is 25.4 Å². The molecule has 0 saturated carbocycles. The van der Waals surface area contributed by atoms with Crippen LogP contribution in [0.1, 0.15) is 46.5 Å². The number of nitrogens with one attached hydrogen (secondary N) is 3. The highest BCUT2D eigenvalue weighted by atomic mass is 16.7. The van der Waals surface area contributed by atoms with E-state index in [-0.39, 0.29) is 43.6 Å². The predicted molar refractivity (Wildman–Crippen MR) is 110 cm³/mol. The average Bonchev–Trinajstić information content (AvgIpc) is 3.24. The van der Waals surface area contributed by atoms with Crippen LogP contribution in [0.15, 0.2) is 42.5 Å². The van der Waals surface area contributed by atoms with E-state index in [1.54, 1.807) is 36.4 Å². The molecule has 1 aliphatic rings. The maximum atomic E-state index is 12.2. The van der Waals surface area contributed by atoms with Gasteiger partial charge in [0.05, 0.1) is 6.54 Å². The predicted octanol–water partition coefficient (Wildman–Crippen LogP) is 1.99. The Kier molecular flexibility index (Phi) is 6.90. The largest absolute Gasteiger partial charge is 0.454 e. The van der Waals surface area contributed by atoms with Crippen LogP contribution in [-0.2, 0) is 11.3 Å². The minimum absolute atomic E-state index is 0.0919. The minimum atomic E-state index is -0.382. The van der Waals surface area contributed by atoms with E-state index in [1.165, 1.54) is 0 Å². The first-order valence-corrected chi connectivity index (χ1v) is 9.80. The first-order valence-electron chi connectivity index (χ1n) is 9.80. The highest BCUT2D eigenvalue weighted by Gasteiger charge is 2.16. The number of benzene rings is 2. The molecule has 0 aliphatic carbocycles. The summed E-state index contributed by atoms with van der Waals surface area (Å²) in [5, 5.41) is 8.22. The van der Waals surface area contributed by atoms with Crippen LogP contribution >= 0.6 is 0 Å². The first-order chi connectivity index (χ1) is 14.5. The van der Waals surface area contributed by atoms with Gasteiger partial charge in [-0.25, -0.2) is 0 Å². The van der Waals surface area contributed by atoms with Crippen molar-refractivity contribution < 1.29 is 23.9 Å². The zero-order chi connectivity index (χ0) is 21.5. The lowest BCUT2D eigenvalue weighted by molar-refractivity contribution is -0.120. The molecule has 1 heterocycles. The summed E-state index contributed by atoms with van der Waals surface area (Å²) in [4.78, 5) is 36.5. The van der Waals surface area contributed by atoms with Crippen LogP contribution in [0.25, 0.3) is 0 Å². The van der Waals surface area contributed by atoms with Gasteiger partial charge >= 0.3 is 0 Å². The van der Waals surface area contributed by atoms with Gasteiger partial charge in [0.25, 0.3) is 11.8 Å². The zero-order valence-corrected chi connectivity index (χ0v) is 17.0. The summed E-state index contributed by atoms with van der Waals surface area (Å²) in [6.07, 6.45) is 0.847. The second-order valence-corrected chi connectivity index (χ2v) is 7.01. The maximum absolute atomic E-state index is 12.2. The Morgan fingerprint density at radius 3 is 2.53 bits per heavy atom. The van der Waals surface area contributed by atoms with Gasteiger partial charge in [-0.2, -0.15) is 0 Å². The molecule has 158 valence electrons. The Balaban J connectivity index is 1.47.